The van der Waals surface area contributed by atoms with E-state index in [1.807, 2.05) is 22.7 Å². The summed E-state index contributed by atoms with van der Waals surface area (Å²) in [5.74, 6) is 1.76. The third kappa shape index (κ3) is 5.16. The molecule has 8 rings (SSSR count). The van der Waals surface area contributed by atoms with Gasteiger partial charge in [0, 0.05) is 63.6 Å². The van der Waals surface area contributed by atoms with Crippen LogP contribution in [0, 0.1) is 0 Å². The maximum absolute atomic E-state index is 6.54. The first-order valence-electron chi connectivity index (χ1n) is 15.4. The van der Waals surface area contributed by atoms with E-state index in [9.17, 15) is 0 Å². The molecule has 8 aromatic rings. The molecular weight excluding hydrogens is 589 g/mol. The minimum Gasteiger partial charge on any atom is -0.421 e. The number of aromatic nitrogens is 2. The van der Waals surface area contributed by atoms with Crippen molar-refractivity contribution < 1.29 is 4.74 Å². The van der Waals surface area contributed by atoms with Gasteiger partial charge in [0.05, 0.1) is 11.4 Å². The molecule has 0 unspecified atom stereocenters. The van der Waals surface area contributed by atoms with Crippen molar-refractivity contribution in [3.8, 4) is 34.3 Å². The molecule has 0 atom stereocenters. The second-order valence-electron chi connectivity index (χ2n) is 12.3. The zero-order valence-corrected chi connectivity index (χ0v) is 27.3. The molecule has 0 radical (unpaired) electrons. The summed E-state index contributed by atoms with van der Waals surface area (Å²) in [7, 11) is 0. The predicted molar refractivity (Wildman–Crippen MR) is 193 cm³/mol. The number of hydrogen-bond acceptors (Lipinski definition) is 5. The molecule has 0 N–H and O–H groups in total. The van der Waals surface area contributed by atoms with Gasteiger partial charge < -0.3 is 4.74 Å². The van der Waals surface area contributed by atoms with Gasteiger partial charge in [-0.15, -0.1) is 22.7 Å². The van der Waals surface area contributed by atoms with Gasteiger partial charge in [-0.05, 0) is 59.4 Å². The zero-order valence-electron chi connectivity index (χ0n) is 25.7. The summed E-state index contributed by atoms with van der Waals surface area (Å²) in [5.41, 5.74) is 6.35. The third-order valence-corrected chi connectivity index (χ3v) is 10.8. The molecule has 4 aromatic heterocycles. The lowest BCUT2D eigenvalue weighted by atomic mass is 10.0. The van der Waals surface area contributed by atoms with Gasteiger partial charge >= 0.3 is 0 Å². The summed E-state index contributed by atoms with van der Waals surface area (Å²) in [6.45, 7) is 8.83. The Labute approximate surface area is 270 Å². The van der Waals surface area contributed by atoms with E-state index in [1.165, 1.54) is 51.5 Å². The number of hydrogen-bond donors (Lipinski definition) is 0. The van der Waals surface area contributed by atoms with E-state index >= 15 is 0 Å². The summed E-state index contributed by atoms with van der Waals surface area (Å²) in [5, 5.41) is 5.17. The largest absolute Gasteiger partial charge is 0.421 e. The Morgan fingerprint density at radius 2 is 0.889 bits per heavy atom. The van der Waals surface area contributed by atoms with E-state index in [0.29, 0.717) is 23.6 Å². The second kappa shape index (κ2) is 11.1. The van der Waals surface area contributed by atoms with Gasteiger partial charge in [-0.1, -0.05) is 88.4 Å². The van der Waals surface area contributed by atoms with Crippen LogP contribution < -0.4 is 4.74 Å². The molecule has 0 saturated heterocycles. The van der Waals surface area contributed by atoms with Crippen LogP contribution in [-0.2, 0) is 0 Å². The van der Waals surface area contributed by atoms with E-state index in [1.54, 1.807) is 0 Å². The van der Waals surface area contributed by atoms with Crippen LogP contribution in [-0.4, -0.2) is 9.97 Å². The van der Waals surface area contributed by atoms with Crippen LogP contribution in [0.2, 0.25) is 0 Å². The Hall–Kier alpha value is -4.58. The molecule has 3 nitrogen and oxygen atoms in total. The Morgan fingerprint density at radius 3 is 1.33 bits per heavy atom. The summed E-state index contributed by atoms with van der Waals surface area (Å²) < 4.78 is 11.7. The predicted octanol–water partition coefficient (Wildman–Crippen LogP) is 12.6. The highest BCUT2D eigenvalue weighted by Crippen LogP contribution is 2.39. The molecule has 0 aliphatic rings. The highest BCUT2D eigenvalue weighted by Gasteiger charge is 2.15. The molecule has 220 valence electrons. The maximum atomic E-state index is 6.54. The third-order valence-electron chi connectivity index (χ3n) is 8.54. The van der Waals surface area contributed by atoms with Crippen LogP contribution in [0.15, 0.2) is 109 Å². The fourth-order valence-corrected chi connectivity index (χ4v) is 8.29. The Morgan fingerprint density at radius 1 is 0.467 bits per heavy atom. The molecule has 0 amide bonds. The number of benzene rings is 4. The van der Waals surface area contributed by atoms with E-state index < -0.39 is 0 Å². The van der Waals surface area contributed by atoms with Crippen LogP contribution in [0.25, 0.3) is 62.9 Å². The van der Waals surface area contributed by atoms with Gasteiger partial charge in [0.2, 0.25) is 11.8 Å². The molecule has 45 heavy (non-hydrogen) atoms. The smallest absolute Gasteiger partial charge is 0.222 e. The molecule has 0 bridgehead atoms. The van der Waals surface area contributed by atoms with Crippen molar-refractivity contribution in [2.45, 2.75) is 39.5 Å². The van der Waals surface area contributed by atoms with Gasteiger partial charge in [0.1, 0.15) is 0 Å². The van der Waals surface area contributed by atoms with Crippen molar-refractivity contribution in [2.24, 2.45) is 0 Å². The Bertz CT molecular complexity index is 2210. The number of nitrogens with zero attached hydrogens (tertiary/aromatic N) is 2. The highest BCUT2D eigenvalue weighted by molar-refractivity contribution is 7.26. The average Bonchev–Trinajstić information content (AvgIpc) is 3.61. The summed E-state index contributed by atoms with van der Waals surface area (Å²) in [4.78, 5) is 10.1. The van der Waals surface area contributed by atoms with Crippen molar-refractivity contribution in [3.05, 3.63) is 120 Å². The lowest BCUT2D eigenvalue weighted by Crippen LogP contribution is -1.99. The normalized spacial score (nSPS) is 12.0. The van der Waals surface area contributed by atoms with Crippen molar-refractivity contribution in [2.75, 3.05) is 0 Å². The fraction of sp³-hybridized carbons (Fsp3) is 0.150. The molecule has 5 heteroatoms. The van der Waals surface area contributed by atoms with Crippen LogP contribution >= 0.6 is 22.7 Å². The first-order valence-corrected chi connectivity index (χ1v) is 17.1. The zero-order chi connectivity index (χ0) is 30.7. The molecule has 0 spiro atoms. The number of ether oxygens (including phenoxy) is 1. The van der Waals surface area contributed by atoms with Crippen LogP contribution in [0.5, 0.6) is 11.8 Å². The first kappa shape index (κ1) is 27.9. The van der Waals surface area contributed by atoms with Gasteiger partial charge in [0.25, 0.3) is 0 Å². The monoisotopic (exact) mass is 620 g/mol. The van der Waals surface area contributed by atoms with Crippen LogP contribution in [0.1, 0.15) is 50.7 Å². The molecule has 0 fully saturated rings. The average molecular weight is 621 g/mol. The minimum absolute atomic E-state index is 0.320. The molecule has 0 saturated carbocycles. The van der Waals surface area contributed by atoms with Gasteiger partial charge in [0.15, 0.2) is 0 Å². The lowest BCUT2D eigenvalue weighted by Gasteiger charge is -2.14. The molecule has 4 aromatic carbocycles. The van der Waals surface area contributed by atoms with Gasteiger partial charge in [-0.3, -0.25) is 0 Å². The number of thiophene rings is 2. The summed E-state index contributed by atoms with van der Waals surface area (Å²) in [6, 6.07) is 39.0. The Balaban J connectivity index is 1.19. The van der Waals surface area contributed by atoms with E-state index in [0.717, 1.165) is 22.5 Å². The van der Waals surface area contributed by atoms with Gasteiger partial charge in [-0.2, -0.15) is 0 Å². The number of rotatable bonds is 6. The topological polar surface area (TPSA) is 35.0 Å². The molecular formula is C40H32N2OS2. The summed E-state index contributed by atoms with van der Waals surface area (Å²) >= 11 is 3.65. The quantitative estimate of drug-likeness (QED) is 0.185. The van der Waals surface area contributed by atoms with Crippen LogP contribution in [0.3, 0.4) is 0 Å². The van der Waals surface area contributed by atoms with Crippen LogP contribution in [0.4, 0.5) is 0 Å². The van der Waals surface area contributed by atoms with E-state index in [-0.39, 0.29) is 0 Å². The molecule has 4 heterocycles. The first-order chi connectivity index (χ1) is 21.9. The second-order valence-corrected chi connectivity index (χ2v) is 14.4. The van der Waals surface area contributed by atoms with Crippen molar-refractivity contribution in [1.29, 1.82) is 0 Å². The van der Waals surface area contributed by atoms with E-state index in [4.69, 9.17) is 14.7 Å². The van der Waals surface area contributed by atoms with E-state index in [2.05, 4.69) is 137 Å². The molecule has 0 aliphatic heterocycles. The molecule has 0 aliphatic carbocycles. The Kier molecular flexibility index (Phi) is 6.89. The minimum atomic E-state index is 0.320. The van der Waals surface area contributed by atoms with Crippen molar-refractivity contribution in [1.82, 2.24) is 9.97 Å². The van der Waals surface area contributed by atoms with Crippen molar-refractivity contribution >= 4 is 63.0 Å². The highest BCUT2D eigenvalue weighted by atomic mass is 32.1. The van der Waals surface area contributed by atoms with Crippen molar-refractivity contribution in [3.63, 3.8) is 0 Å². The summed E-state index contributed by atoms with van der Waals surface area (Å²) in [6.07, 6.45) is 0. The van der Waals surface area contributed by atoms with Gasteiger partial charge in [-0.25, -0.2) is 9.97 Å². The maximum Gasteiger partial charge on any atom is 0.222 e. The lowest BCUT2D eigenvalue weighted by molar-refractivity contribution is 0.443. The standard InChI is InChI=1S/C40H32N2OS2/c1-23(2)27-17-33(25-13-15-31-29-9-5-7-11-35(29)44-37(31)19-25)41-39(21-27)43-40-22-28(24(3)4)18-34(42-40)26-14-16-32-30-10-6-8-12-36(30)45-38(32)20-26/h5-24H,1-4H3. The fourth-order valence-electron chi connectivity index (χ4n) is 6.00. The number of fused-ring (bicyclic) bond motifs is 6. The SMILES string of the molecule is CC(C)c1cc(Oc2cc(C(C)C)cc(-c3ccc4c(c3)sc3ccccc34)n2)nc(-c2ccc3c(c2)sc2ccccc23)c1. The number of pyridine rings is 2.